The lowest BCUT2D eigenvalue weighted by molar-refractivity contribution is 0.102. The van der Waals surface area contributed by atoms with E-state index < -0.39 is 0 Å². The van der Waals surface area contributed by atoms with Gasteiger partial charge in [-0.3, -0.25) is 10.1 Å². The van der Waals surface area contributed by atoms with Crippen molar-refractivity contribution in [3.63, 3.8) is 0 Å². The SMILES string of the molecule is O=C(Nc1cccc(C(=O)Nc2ncc(C3CCNCC3)s2)c1)NC1CC1. The van der Waals surface area contributed by atoms with Gasteiger partial charge < -0.3 is 16.0 Å². The van der Waals surface area contributed by atoms with Gasteiger partial charge in [-0.15, -0.1) is 11.3 Å². The number of carbonyl (C=O) groups excluding carboxylic acids is 2. The minimum absolute atomic E-state index is 0.229. The largest absolute Gasteiger partial charge is 0.335 e. The third-order valence-corrected chi connectivity index (χ3v) is 5.86. The van der Waals surface area contributed by atoms with Crippen LogP contribution < -0.4 is 21.3 Å². The van der Waals surface area contributed by atoms with Crippen LogP contribution in [0, 0.1) is 0 Å². The number of rotatable bonds is 5. The molecule has 2 heterocycles. The molecule has 0 unspecified atom stereocenters. The number of thiazole rings is 1. The second kappa shape index (κ2) is 8.06. The van der Waals surface area contributed by atoms with E-state index in [1.165, 1.54) is 4.88 Å². The van der Waals surface area contributed by atoms with Crippen molar-refractivity contribution in [2.24, 2.45) is 0 Å². The highest BCUT2D eigenvalue weighted by Crippen LogP contribution is 2.31. The van der Waals surface area contributed by atoms with Gasteiger partial charge in [-0.2, -0.15) is 0 Å². The number of amides is 3. The lowest BCUT2D eigenvalue weighted by atomic mass is 9.97. The molecule has 0 bridgehead atoms. The van der Waals surface area contributed by atoms with E-state index in [4.69, 9.17) is 0 Å². The molecule has 142 valence electrons. The number of anilines is 2. The Labute approximate surface area is 162 Å². The zero-order valence-corrected chi connectivity index (χ0v) is 15.8. The molecular weight excluding hydrogens is 362 g/mol. The summed E-state index contributed by atoms with van der Waals surface area (Å²) in [6.07, 6.45) is 6.14. The van der Waals surface area contributed by atoms with Crippen LogP contribution in [0.5, 0.6) is 0 Å². The zero-order valence-electron chi connectivity index (χ0n) is 15.0. The van der Waals surface area contributed by atoms with Gasteiger partial charge in [0.25, 0.3) is 5.91 Å². The fraction of sp³-hybridized carbons (Fsp3) is 0.421. The Morgan fingerprint density at radius 2 is 1.93 bits per heavy atom. The number of aromatic nitrogens is 1. The lowest BCUT2D eigenvalue weighted by Crippen LogP contribution is -2.30. The third-order valence-electron chi connectivity index (χ3n) is 4.78. The summed E-state index contributed by atoms with van der Waals surface area (Å²) >= 11 is 1.54. The van der Waals surface area contributed by atoms with Crippen molar-refractivity contribution in [1.82, 2.24) is 15.6 Å². The molecule has 27 heavy (non-hydrogen) atoms. The van der Waals surface area contributed by atoms with Gasteiger partial charge in [-0.25, -0.2) is 9.78 Å². The smallest absolute Gasteiger partial charge is 0.319 e. The van der Waals surface area contributed by atoms with Gasteiger partial charge in [0.1, 0.15) is 0 Å². The molecule has 0 atom stereocenters. The Bertz CT molecular complexity index is 827. The highest BCUT2D eigenvalue weighted by Gasteiger charge is 2.23. The van der Waals surface area contributed by atoms with Crippen molar-refractivity contribution in [1.29, 1.82) is 0 Å². The Morgan fingerprint density at radius 1 is 1.11 bits per heavy atom. The van der Waals surface area contributed by atoms with Crippen molar-refractivity contribution in [2.75, 3.05) is 23.7 Å². The standard InChI is InChI=1S/C19H23N5O2S/c25-17(24-19-21-11-16(27-19)12-6-8-20-9-7-12)13-2-1-3-15(10-13)23-18(26)22-14-4-5-14/h1-3,10-12,14,20H,4-9H2,(H,21,24,25)(H2,22,23,26). The van der Waals surface area contributed by atoms with E-state index in [0.717, 1.165) is 38.8 Å². The third kappa shape index (κ3) is 4.84. The molecule has 7 nitrogen and oxygen atoms in total. The molecule has 1 saturated carbocycles. The normalized spacial score (nSPS) is 17.3. The second-order valence-corrected chi connectivity index (χ2v) is 8.06. The van der Waals surface area contributed by atoms with Crippen LogP contribution >= 0.6 is 11.3 Å². The predicted molar refractivity (Wildman–Crippen MR) is 107 cm³/mol. The van der Waals surface area contributed by atoms with E-state index >= 15 is 0 Å². The van der Waals surface area contributed by atoms with Crippen LogP contribution in [0.2, 0.25) is 0 Å². The molecule has 1 aliphatic carbocycles. The van der Waals surface area contributed by atoms with Crippen molar-refractivity contribution < 1.29 is 9.59 Å². The van der Waals surface area contributed by atoms with Crippen LogP contribution in [0.15, 0.2) is 30.5 Å². The van der Waals surface area contributed by atoms with Gasteiger partial charge in [-0.05, 0) is 62.9 Å². The fourth-order valence-electron chi connectivity index (χ4n) is 3.13. The predicted octanol–water partition coefficient (Wildman–Crippen LogP) is 3.15. The minimum atomic E-state index is -0.235. The van der Waals surface area contributed by atoms with Crippen molar-refractivity contribution in [3.05, 3.63) is 40.9 Å². The molecule has 1 aromatic heterocycles. The summed E-state index contributed by atoms with van der Waals surface area (Å²) in [6.45, 7) is 2.05. The van der Waals surface area contributed by atoms with Gasteiger partial charge in [0, 0.05) is 28.4 Å². The van der Waals surface area contributed by atoms with Crippen LogP contribution in [0.25, 0.3) is 0 Å². The monoisotopic (exact) mass is 385 g/mol. The summed E-state index contributed by atoms with van der Waals surface area (Å²) in [5.74, 6) is 0.291. The summed E-state index contributed by atoms with van der Waals surface area (Å²) < 4.78 is 0. The Balaban J connectivity index is 1.37. The summed E-state index contributed by atoms with van der Waals surface area (Å²) in [5, 5.41) is 12.5. The Morgan fingerprint density at radius 3 is 2.70 bits per heavy atom. The number of hydrogen-bond acceptors (Lipinski definition) is 5. The summed E-state index contributed by atoms with van der Waals surface area (Å²) in [4.78, 5) is 30.0. The number of piperidine rings is 1. The van der Waals surface area contributed by atoms with Crippen LogP contribution in [0.3, 0.4) is 0 Å². The number of nitrogens with zero attached hydrogens (tertiary/aromatic N) is 1. The van der Waals surface area contributed by atoms with Gasteiger partial charge >= 0.3 is 6.03 Å². The maximum absolute atomic E-state index is 12.5. The first-order valence-corrected chi connectivity index (χ1v) is 10.1. The molecule has 3 amide bonds. The van der Waals surface area contributed by atoms with Gasteiger partial charge in [0.05, 0.1) is 0 Å². The first kappa shape index (κ1) is 17.9. The molecule has 2 fully saturated rings. The maximum atomic E-state index is 12.5. The van der Waals surface area contributed by atoms with E-state index in [9.17, 15) is 9.59 Å². The Hall–Kier alpha value is -2.45. The molecule has 1 aromatic carbocycles. The van der Waals surface area contributed by atoms with E-state index in [1.54, 1.807) is 35.6 Å². The molecule has 4 N–H and O–H groups in total. The summed E-state index contributed by atoms with van der Waals surface area (Å²) in [6, 6.07) is 6.97. The molecule has 1 saturated heterocycles. The molecule has 4 rings (SSSR count). The van der Waals surface area contributed by atoms with Crippen LogP contribution in [0.1, 0.15) is 46.8 Å². The van der Waals surface area contributed by atoms with E-state index in [-0.39, 0.29) is 18.0 Å². The zero-order chi connectivity index (χ0) is 18.6. The molecule has 1 aliphatic heterocycles. The van der Waals surface area contributed by atoms with Crippen molar-refractivity contribution >= 4 is 34.1 Å². The molecule has 2 aromatic rings. The first-order valence-electron chi connectivity index (χ1n) is 9.33. The number of nitrogens with one attached hydrogen (secondary N) is 4. The van der Waals surface area contributed by atoms with Gasteiger partial charge in [0.15, 0.2) is 5.13 Å². The van der Waals surface area contributed by atoms with E-state index in [2.05, 4.69) is 26.3 Å². The molecule has 0 radical (unpaired) electrons. The number of hydrogen-bond donors (Lipinski definition) is 4. The highest BCUT2D eigenvalue weighted by atomic mass is 32.1. The number of urea groups is 1. The number of benzene rings is 1. The van der Waals surface area contributed by atoms with E-state index in [1.807, 2.05) is 6.20 Å². The van der Waals surface area contributed by atoms with E-state index in [0.29, 0.717) is 22.3 Å². The highest BCUT2D eigenvalue weighted by molar-refractivity contribution is 7.15. The Kier molecular flexibility index (Phi) is 5.35. The van der Waals surface area contributed by atoms with Crippen LogP contribution in [-0.2, 0) is 0 Å². The summed E-state index contributed by atoms with van der Waals surface area (Å²) in [5.41, 5.74) is 1.08. The lowest BCUT2D eigenvalue weighted by Gasteiger charge is -2.20. The van der Waals surface area contributed by atoms with Crippen LogP contribution in [-0.4, -0.2) is 36.1 Å². The average molecular weight is 385 g/mol. The van der Waals surface area contributed by atoms with Crippen LogP contribution in [0.4, 0.5) is 15.6 Å². The second-order valence-electron chi connectivity index (χ2n) is 7.00. The molecule has 0 spiro atoms. The molecule has 2 aliphatic rings. The quantitative estimate of drug-likeness (QED) is 0.636. The van der Waals surface area contributed by atoms with Crippen molar-refractivity contribution in [2.45, 2.75) is 37.6 Å². The fourth-order valence-corrected chi connectivity index (χ4v) is 4.11. The van der Waals surface area contributed by atoms with Gasteiger partial charge in [-0.1, -0.05) is 6.07 Å². The molecule has 8 heteroatoms. The number of carbonyl (C=O) groups is 2. The average Bonchev–Trinajstić information content (AvgIpc) is 3.37. The van der Waals surface area contributed by atoms with Crippen molar-refractivity contribution in [3.8, 4) is 0 Å². The maximum Gasteiger partial charge on any atom is 0.319 e. The minimum Gasteiger partial charge on any atom is -0.335 e. The molecular formula is C19H23N5O2S. The first-order chi connectivity index (χ1) is 13.2. The summed E-state index contributed by atoms with van der Waals surface area (Å²) in [7, 11) is 0. The van der Waals surface area contributed by atoms with Gasteiger partial charge in [0.2, 0.25) is 0 Å². The topological polar surface area (TPSA) is 95.2 Å².